The van der Waals surface area contributed by atoms with E-state index in [0.717, 1.165) is 0 Å². The number of rotatable bonds is 9. The van der Waals surface area contributed by atoms with E-state index in [1.54, 1.807) is 24.3 Å². The average molecular weight is 356 g/mol. The molecule has 0 aliphatic carbocycles. The van der Waals surface area contributed by atoms with Gasteiger partial charge in [0, 0.05) is 24.8 Å². The summed E-state index contributed by atoms with van der Waals surface area (Å²) >= 11 is 0. The van der Waals surface area contributed by atoms with Crippen LogP contribution in [0.5, 0.6) is 0 Å². The summed E-state index contributed by atoms with van der Waals surface area (Å²) in [5.74, 6) is 0.287. The Morgan fingerprint density at radius 3 is 2.08 bits per heavy atom. The van der Waals surface area contributed by atoms with Crippen molar-refractivity contribution in [2.75, 3.05) is 25.0 Å². The van der Waals surface area contributed by atoms with Gasteiger partial charge in [-0.15, -0.1) is 0 Å². The first-order valence-electron chi connectivity index (χ1n) is 8.35. The minimum atomic E-state index is -3.45. The molecule has 1 atom stereocenters. The molecule has 136 valence electrons. The lowest BCUT2D eigenvalue weighted by Crippen LogP contribution is -2.39. The van der Waals surface area contributed by atoms with Crippen LogP contribution in [0.2, 0.25) is 0 Å². The summed E-state index contributed by atoms with van der Waals surface area (Å²) in [4.78, 5) is 12.1. The lowest BCUT2D eigenvalue weighted by atomic mass is 10.1. The molecule has 0 spiro atoms. The van der Waals surface area contributed by atoms with Crippen molar-refractivity contribution in [1.82, 2.24) is 9.62 Å². The van der Waals surface area contributed by atoms with Crippen molar-refractivity contribution in [3.63, 3.8) is 0 Å². The van der Waals surface area contributed by atoms with Crippen LogP contribution in [-0.4, -0.2) is 44.3 Å². The Balaban J connectivity index is 2.67. The molecule has 0 aromatic heterocycles. The van der Waals surface area contributed by atoms with Gasteiger partial charge in [0.15, 0.2) is 0 Å². The minimum Gasteiger partial charge on any atom is -0.376 e. The number of anilines is 1. The van der Waals surface area contributed by atoms with Crippen molar-refractivity contribution in [3.8, 4) is 0 Å². The van der Waals surface area contributed by atoms with Crippen LogP contribution in [0, 0.1) is 5.92 Å². The van der Waals surface area contributed by atoms with Gasteiger partial charge in [0.2, 0.25) is 15.9 Å². The Hall–Kier alpha value is -1.60. The summed E-state index contributed by atoms with van der Waals surface area (Å²) in [7, 11) is -3.45. The maximum Gasteiger partial charge on any atom is 0.243 e. The Morgan fingerprint density at radius 1 is 1.08 bits per heavy atom. The van der Waals surface area contributed by atoms with E-state index in [0.29, 0.717) is 24.7 Å². The van der Waals surface area contributed by atoms with Crippen LogP contribution in [-0.2, 0) is 14.8 Å². The monoisotopic (exact) mass is 355 g/mol. The first-order valence-corrected chi connectivity index (χ1v) is 9.79. The van der Waals surface area contributed by atoms with E-state index in [-0.39, 0.29) is 23.4 Å². The first-order chi connectivity index (χ1) is 11.2. The van der Waals surface area contributed by atoms with Crippen LogP contribution in [0.4, 0.5) is 5.69 Å². The van der Waals surface area contributed by atoms with Crippen molar-refractivity contribution in [2.24, 2.45) is 5.92 Å². The van der Waals surface area contributed by atoms with Gasteiger partial charge in [0.05, 0.1) is 11.4 Å². The van der Waals surface area contributed by atoms with E-state index in [4.69, 9.17) is 0 Å². The molecule has 1 rings (SSSR count). The highest BCUT2D eigenvalue weighted by atomic mass is 32.2. The number of carbonyl (C=O) groups is 1. The fraction of sp³-hybridized carbons (Fsp3) is 0.588. The van der Waals surface area contributed by atoms with Crippen LogP contribution in [0.1, 0.15) is 34.6 Å². The molecule has 1 unspecified atom stereocenters. The highest BCUT2D eigenvalue weighted by molar-refractivity contribution is 7.89. The molecule has 0 radical (unpaired) electrons. The van der Waals surface area contributed by atoms with E-state index >= 15 is 0 Å². The maximum absolute atomic E-state index is 12.4. The van der Waals surface area contributed by atoms with Gasteiger partial charge >= 0.3 is 0 Å². The zero-order chi connectivity index (χ0) is 18.3. The van der Waals surface area contributed by atoms with E-state index in [2.05, 4.69) is 10.6 Å². The van der Waals surface area contributed by atoms with E-state index in [1.807, 2.05) is 34.6 Å². The van der Waals surface area contributed by atoms with Gasteiger partial charge in [0.1, 0.15) is 0 Å². The molecule has 1 amide bonds. The quantitative estimate of drug-likeness (QED) is 0.712. The number of amides is 1. The smallest absolute Gasteiger partial charge is 0.243 e. The average Bonchev–Trinajstić information content (AvgIpc) is 2.54. The third kappa shape index (κ3) is 5.49. The van der Waals surface area contributed by atoms with E-state index < -0.39 is 10.0 Å². The van der Waals surface area contributed by atoms with Crippen molar-refractivity contribution < 1.29 is 13.2 Å². The fourth-order valence-corrected chi connectivity index (χ4v) is 3.57. The van der Waals surface area contributed by atoms with Crippen LogP contribution in [0.25, 0.3) is 0 Å². The number of sulfonamides is 1. The summed E-state index contributed by atoms with van der Waals surface area (Å²) in [5.41, 5.74) is 0.709. The summed E-state index contributed by atoms with van der Waals surface area (Å²) < 4.78 is 26.2. The number of benzene rings is 1. The lowest BCUT2D eigenvalue weighted by molar-refractivity contribution is -0.120. The Labute approximate surface area is 145 Å². The van der Waals surface area contributed by atoms with E-state index in [9.17, 15) is 13.2 Å². The molecular formula is C17H29N3O3S. The number of hydrogen-bond donors (Lipinski definition) is 2. The normalized spacial score (nSPS) is 13.1. The minimum absolute atomic E-state index is 0.0870. The van der Waals surface area contributed by atoms with Crippen LogP contribution >= 0.6 is 0 Å². The molecule has 0 heterocycles. The predicted molar refractivity (Wildman–Crippen MR) is 97.5 cm³/mol. The van der Waals surface area contributed by atoms with Gasteiger partial charge in [-0.2, -0.15) is 4.31 Å². The summed E-state index contributed by atoms with van der Waals surface area (Å²) in [5, 5.41) is 5.92. The highest BCUT2D eigenvalue weighted by Gasteiger charge is 2.21. The SMILES string of the molecule is CCN(CC)S(=O)(=O)c1ccc(NCC(=O)NC(C)C(C)C)cc1. The molecular weight excluding hydrogens is 326 g/mol. The molecule has 24 heavy (non-hydrogen) atoms. The van der Waals surface area contributed by atoms with Gasteiger partial charge in [-0.3, -0.25) is 4.79 Å². The van der Waals surface area contributed by atoms with Crippen molar-refractivity contribution >= 4 is 21.6 Å². The highest BCUT2D eigenvalue weighted by Crippen LogP contribution is 2.18. The molecule has 2 N–H and O–H groups in total. The topological polar surface area (TPSA) is 78.5 Å². The van der Waals surface area contributed by atoms with E-state index in [1.165, 1.54) is 4.31 Å². The number of hydrogen-bond acceptors (Lipinski definition) is 4. The standard InChI is InChI=1S/C17H29N3O3S/c1-6-20(7-2)24(22,23)16-10-8-15(9-11-16)18-12-17(21)19-14(5)13(3)4/h8-11,13-14,18H,6-7,12H2,1-5H3,(H,19,21). The van der Waals surface area contributed by atoms with Crippen molar-refractivity contribution in [3.05, 3.63) is 24.3 Å². The summed E-state index contributed by atoms with van der Waals surface area (Å²) in [6.45, 7) is 10.7. The zero-order valence-electron chi connectivity index (χ0n) is 15.2. The first kappa shape index (κ1) is 20.4. The Bertz CT molecular complexity index is 623. The largest absolute Gasteiger partial charge is 0.376 e. The van der Waals surface area contributed by atoms with Gasteiger partial charge in [-0.05, 0) is 37.1 Å². The van der Waals surface area contributed by atoms with Gasteiger partial charge in [-0.1, -0.05) is 27.7 Å². The van der Waals surface area contributed by atoms with Gasteiger partial charge in [-0.25, -0.2) is 8.42 Å². The number of nitrogens with one attached hydrogen (secondary N) is 2. The fourth-order valence-electron chi connectivity index (χ4n) is 2.11. The second-order valence-corrected chi connectivity index (χ2v) is 8.01. The Morgan fingerprint density at radius 2 is 1.62 bits per heavy atom. The third-order valence-corrected chi connectivity index (χ3v) is 6.10. The molecule has 0 aliphatic heterocycles. The predicted octanol–water partition coefficient (Wildman–Crippen LogP) is 2.29. The van der Waals surface area contributed by atoms with Gasteiger partial charge < -0.3 is 10.6 Å². The molecule has 0 fully saturated rings. The van der Waals surface area contributed by atoms with Crippen LogP contribution < -0.4 is 10.6 Å². The molecule has 0 saturated carbocycles. The van der Waals surface area contributed by atoms with Gasteiger partial charge in [0.25, 0.3) is 0 Å². The second-order valence-electron chi connectivity index (χ2n) is 6.07. The third-order valence-electron chi connectivity index (χ3n) is 4.04. The molecule has 1 aromatic rings. The number of carbonyl (C=O) groups excluding carboxylic acids is 1. The molecule has 0 saturated heterocycles. The summed E-state index contributed by atoms with van der Waals surface area (Å²) in [6, 6.07) is 6.58. The van der Waals surface area contributed by atoms with Crippen LogP contribution in [0.3, 0.4) is 0 Å². The molecule has 7 heteroatoms. The van der Waals surface area contributed by atoms with Crippen molar-refractivity contribution in [2.45, 2.75) is 45.6 Å². The molecule has 6 nitrogen and oxygen atoms in total. The Kier molecular flexibility index (Phi) is 7.69. The maximum atomic E-state index is 12.4. The molecule has 0 bridgehead atoms. The zero-order valence-corrected chi connectivity index (χ0v) is 16.0. The molecule has 1 aromatic carbocycles. The second kappa shape index (κ2) is 9.03. The number of nitrogens with zero attached hydrogens (tertiary/aromatic N) is 1. The summed E-state index contributed by atoms with van der Waals surface area (Å²) in [6.07, 6.45) is 0. The molecule has 0 aliphatic rings. The van der Waals surface area contributed by atoms with Crippen molar-refractivity contribution in [1.29, 1.82) is 0 Å². The lowest BCUT2D eigenvalue weighted by Gasteiger charge is -2.19. The van der Waals surface area contributed by atoms with Crippen LogP contribution in [0.15, 0.2) is 29.2 Å².